The Labute approximate surface area is 74.9 Å². The molecule has 0 aliphatic heterocycles. The summed E-state index contributed by atoms with van der Waals surface area (Å²) in [6, 6.07) is 10.2. The molecular formula is C12H15. The van der Waals surface area contributed by atoms with Crippen LogP contribution in [0.1, 0.15) is 25.8 Å². The highest BCUT2D eigenvalue weighted by Gasteiger charge is 1.90. The van der Waals surface area contributed by atoms with Gasteiger partial charge in [-0.05, 0) is 17.6 Å². The van der Waals surface area contributed by atoms with Crippen LogP contribution in [0, 0.1) is 12.0 Å². The molecule has 0 aromatic heterocycles. The Morgan fingerprint density at radius 2 is 2.00 bits per heavy atom. The van der Waals surface area contributed by atoms with Crippen molar-refractivity contribution in [3.63, 3.8) is 0 Å². The van der Waals surface area contributed by atoms with E-state index in [4.69, 9.17) is 0 Å². The van der Waals surface area contributed by atoms with E-state index >= 15 is 0 Å². The van der Waals surface area contributed by atoms with Crippen molar-refractivity contribution in [3.8, 4) is 0 Å². The zero-order valence-electron chi connectivity index (χ0n) is 7.75. The molecule has 0 fully saturated rings. The minimum absolute atomic E-state index is 0.630. The minimum Gasteiger partial charge on any atom is -0.0732 e. The highest BCUT2D eigenvalue weighted by molar-refractivity contribution is 5.21. The summed E-state index contributed by atoms with van der Waals surface area (Å²) in [5.74, 6) is 0.630. The molecule has 0 saturated carbocycles. The first-order valence-electron chi connectivity index (χ1n) is 4.48. The van der Waals surface area contributed by atoms with Crippen LogP contribution >= 0.6 is 0 Å². The molecule has 12 heavy (non-hydrogen) atoms. The second-order valence-corrected chi connectivity index (χ2v) is 3.06. The van der Waals surface area contributed by atoms with Gasteiger partial charge in [0.2, 0.25) is 0 Å². The highest BCUT2D eigenvalue weighted by atomic mass is 14.0. The van der Waals surface area contributed by atoms with Gasteiger partial charge in [-0.2, -0.15) is 0 Å². The van der Waals surface area contributed by atoms with Crippen LogP contribution < -0.4 is 0 Å². The van der Waals surface area contributed by atoms with Gasteiger partial charge in [-0.25, -0.2) is 0 Å². The first-order valence-corrected chi connectivity index (χ1v) is 4.48. The van der Waals surface area contributed by atoms with Crippen LogP contribution in [0.4, 0.5) is 0 Å². The van der Waals surface area contributed by atoms with Crippen LogP contribution in [-0.4, -0.2) is 0 Å². The smallest absolute Gasteiger partial charge is 0.0146 e. The molecule has 1 aromatic rings. The van der Waals surface area contributed by atoms with Crippen molar-refractivity contribution in [1.29, 1.82) is 0 Å². The Hall–Kier alpha value is -1.04. The van der Waals surface area contributed by atoms with Crippen molar-refractivity contribution in [2.45, 2.75) is 20.3 Å². The predicted molar refractivity (Wildman–Crippen MR) is 52.8 cm³/mol. The third-order valence-electron chi connectivity index (χ3n) is 1.95. The first kappa shape index (κ1) is 9.05. The molecule has 0 heteroatoms. The maximum Gasteiger partial charge on any atom is -0.0146 e. The molecule has 0 amide bonds. The number of hydrogen-bond acceptors (Lipinski definition) is 0. The van der Waals surface area contributed by atoms with E-state index in [1.54, 1.807) is 0 Å². The van der Waals surface area contributed by atoms with E-state index in [9.17, 15) is 0 Å². The van der Waals surface area contributed by atoms with Crippen LogP contribution in [0.2, 0.25) is 0 Å². The van der Waals surface area contributed by atoms with Crippen molar-refractivity contribution < 1.29 is 0 Å². The highest BCUT2D eigenvalue weighted by Crippen LogP contribution is 2.05. The molecule has 0 nitrogen and oxygen atoms in total. The number of rotatable bonds is 3. The molecular weight excluding hydrogens is 144 g/mol. The zero-order chi connectivity index (χ0) is 8.81. The summed E-state index contributed by atoms with van der Waals surface area (Å²) in [6.07, 6.45) is 6.58. The lowest BCUT2D eigenvalue weighted by atomic mass is 10.1. The van der Waals surface area contributed by atoms with E-state index in [0.717, 1.165) is 5.56 Å². The third-order valence-corrected chi connectivity index (χ3v) is 1.95. The van der Waals surface area contributed by atoms with Gasteiger partial charge in [-0.15, -0.1) is 0 Å². The maximum absolute atomic E-state index is 3.27. The fourth-order valence-corrected chi connectivity index (χ4v) is 0.891. The van der Waals surface area contributed by atoms with Crippen LogP contribution in [0.25, 0.3) is 0 Å². The molecule has 1 radical (unpaired) electrons. The van der Waals surface area contributed by atoms with E-state index in [0.29, 0.717) is 5.92 Å². The van der Waals surface area contributed by atoms with E-state index < -0.39 is 0 Å². The summed E-state index contributed by atoms with van der Waals surface area (Å²) < 4.78 is 0. The van der Waals surface area contributed by atoms with Gasteiger partial charge in [0.15, 0.2) is 0 Å². The quantitative estimate of drug-likeness (QED) is 0.633. The third kappa shape index (κ3) is 2.91. The summed E-state index contributed by atoms with van der Waals surface area (Å²) in [5, 5.41) is 0. The van der Waals surface area contributed by atoms with Crippen molar-refractivity contribution >= 4 is 0 Å². The molecule has 1 aromatic carbocycles. The number of allylic oxidation sites excluding steroid dienone is 1. The van der Waals surface area contributed by atoms with Gasteiger partial charge >= 0.3 is 0 Å². The van der Waals surface area contributed by atoms with Crippen molar-refractivity contribution in [3.05, 3.63) is 48.0 Å². The molecule has 0 aliphatic rings. The summed E-state index contributed by atoms with van der Waals surface area (Å²) >= 11 is 0. The molecule has 0 heterocycles. The lowest BCUT2D eigenvalue weighted by Gasteiger charge is -1.98. The lowest BCUT2D eigenvalue weighted by molar-refractivity contribution is 0.696. The Morgan fingerprint density at radius 3 is 2.58 bits per heavy atom. The Morgan fingerprint density at radius 1 is 1.33 bits per heavy atom. The maximum atomic E-state index is 3.27. The normalized spacial score (nSPS) is 13.5. The van der Waals surface area contributed by atoms with E-state index in [1.165, 1.54) is 6.42 Å². The van der Waals surface area contributed by atoms with Crippen molar-refractivity contribution in [1.82, 2.24) is 0 Å². The molecule has 0 spiro atoms. The molecule has 0 saturated heterocycles. The SMILES string of the molecule is CCC(C)C=[C]c1ccccc1. The van der Waals surface area contributed by atoms with Crippen molar-refractivity contribution in [2.24, 2.45) is 5.92 Å². The molecule has 1 unspecified atom stereocenters. The van der Waals surface area contributed by atoms with Gasteiger partial charge in [0.25, 0.3) is 0 Å². The Kier molecular flexibility index (Phi) is 3.59. The molecule has 1 rings (SSSR count). The molecule has 63 valence electrons. The van der Waals surface area contributed by atoms with E-state index in [2.05, 4.69) is 38.1 Å². The standard InChI is InChI=1S/C12H15/c1-3-11(2)9-10-12-7-5-4-6-8-12/h4-9,11H,3H2,1-2H3. The molecule has 0 bridgehead atoms. The average molecular weight is 159 g/mol. The van der Waals surface area contributed by atoms with Crippen LogP contribution in [0.15, 0.2) is 36.4 Å². The average Bonchev–Trinajstić information content (AvgIpc) is 2.16. The number of benzene rings is 1. The van der Waals surface area contributed by atoms with Gasteiger partial charge in [-0.1, -0.05) is 56.7 Å². The van der Waals surface area contributed by atoms with Gasteiger partial charge in [0, 0.05) is 0 Å². The van der Waals surface area contributed by atoms with E-state index in [1.807, 2.05) is 18.2 Å². The summed E-state index contributed by atoms with van der Waals surface area (Å²) in [5.41, 5.74) is 1.16. The van der Waals surface area contributed by atoms with Crippen LogP contribution in [0.3, 0.4) is 0 Å². The second-order valence-electron chi connectivity index (χ2n) is 3.06. The fourth-order valence-electron chi connectivity index (χ4n) is 0.891. The summed E-state index contributed by atoms with van der Waals surface area (Å²) in [6.45, 7) is 4.39. The largest absolute Gasteiger partial charge is 0.0732 e. The Balaban J connectivity index is 2.58. The van der Waals surface area contributed by atoms with Gasteiger partial charge < -0.3 is 0 Å². The number of hydrogen-bond donors (Lipinski definition) is 0. The molecule has 1 atom stereocenters. The van der Waals surface area contributed by atoms with E-state index in [-0.39, 0.29) is 0 Å². The lowest BCUT2D eigenvalue weighted by Crippen LogP contribution is -1.84. The minimum atomic E-state index is 0.630. The van der Waals surface area contributed by atoms with Gasteiger partial charge in [0.05, 0.1) is 0 Å². The van der Waals surface area contributed by atoms with Gasteiger partial charge in [0.1, 0.15) is 0 Å². The fraction of sp³-hybridized carbons (Fsp3) is 0.333. The Bertz CT molecular complexity index is 233. The summed E-state index contributed by atoms with van der Waals surface area (Å²) in [7, 11) is 0. The zero-order valence-corrected chi connectivity index (χ0v) is 7.75. The van der Waals surface area contributed by atoms with Crippen LogP contribution in [0.5, 0.6) is 0 Å². The first-order chi connectivity index (χ1) is 5.83. The predicted octanol–water partition coefficient (Wildman–Crippen LogP) is 3.44. The summed E-state index contributed by atoms with van der Waals surface area (Å²) in [4.78, 5) is 0. The molecule has 0 aliphatic carbocycles. The second kappa shape index (κ2) is 4.76. The van der Waals surface area contributed by atoms with Gasteiger partial charge in [-0.3, -0.25) is 0 Å². The van der Waals surface area contributed by atoms with Crippen LogP contribution in [-0.2, 0) is 0 Å². The monoisotopic (exact) mass is 159 g/mol. The van der Waals surface area contributed by atoms with Crippen molar-refractivity contribution in [2.75, 3.05) is 0 Å². The molecule has 0 N–H and O–H groups in total. The topological polar surface area (TPSA) is 0 Å².